The molecular formula is C21H23N5O3. The van der Waals surface area contributed by atoms with Gasteiger partial charge in [-0.05, 0) is 35.9 Å². The second-order valence-electron chi connectivity index (χ2n) is 6.48. The number of benzene rings is 2. The van der Waals surface area contributed by atoms with Crippen LogP contribution in [0.1, 0.15) is 31.8 Å². The molecule has 0 atom stereocenters. The minimum Gasteiger partial charge on any atom is -0.506 e. The molecule has 0 aliphatic heterocycles. The lowest BCUT2D eigenvalue weighted by molar-refractivity contribution is 0.0827. The lowest BCUT2D eigenvalue weighted by Gasteiger charge is -2.11. The van der Waals surface area contributed by atoms with Crippen LogP contribution in [0.3, 0.4) is 0 Å². The van der Waals surface area contributed by atoms with Crippen LogP contribution < -0.4 is 11.1 Å². The summed E-state index contributed by atoms with van der Waals surface area (Å²) in [6.07, 6.45) is 1.14. The normalized spacial score (nSPS) is 10.9. The molecule has 6 N–H and O–H groups in total. The van der Waals surface area contributed by atoms with Gasteiger partial charge in [-0.2, -0.15) is 0 Å². The summed E-state index contributed by atoms with van der Waals surface area (Å²) < 4.78 is 0. The Morgan fingerprint density at radius 2 is 1.59 bits per heavy atom. The van der Waals surface area contributed by atoms with Crippen molar-refractivity contribution in [2.45, 2.75) is 0 Å². The number of carbonyl (C=O) groups is 2. The molecule has 2 aromatic rings. The second-order valence-corrected chi connectivity index (χ2v) is 6.48. The number of anilines is 1. The molecule has 0 saturated heterocycles. The molecule has 0 unspecified atom stereocenters. The van der Waals surface area contributed by atoms with E-state index in [4.69, 9.17) is 16.6 Å². The van der Waals surface area contributed by atoms with Gasteiger partial charge < -0.3 is 26.5 Å². The number of nitrogens with two attached hydrogens (primary N) is 1. The number of nitrogens with zero attached hydrogens (tertiary/aromatic N) is 1. The number of hydrogen-bond donors (Lipinski definition) is 5. The lowest BCUT2D eigenvalue weighted by Crippen LogP contribution is -2.21. The predicted octanol–water partition coefficient (Wildman–Crippen LogP) is 2.21. The van der Waals surface area contributed by atoms with Crippen molar-refractivity contribution in [1.82, 2.24) is 10.2 Å². The van der Waals surface area contributed by atoms with Gasteiger partial charge in [0.05, 0.1) is 5.71 Å². The van der Waals surface area contributed by atoms with Crippen LogP contribution in [0, 0.1) is 10.8 Å². The van der Waals surface area contributed by atoms with Gasteiger partial charge in [0.1, 0.15) is 11.5 Å². The average Bonchev–Trinajstić information content (AvgIpc) is 2.71. The van der Waals surface area contributed by atoms with Gasteiger partial charge in [-0.3, -0.25) is 15.0 Å². The smallest absolute Gasteiger partial charge is 0.253 e. The number of nitrogen functional groups attached to an aromatic ring is 1. The minimum atomic E-state index is -0.442. The summed E-state index contributed by atoms with van der Waals surface area (Å²) in [7, 11) is 4.80. The number of nitrogens with one attached hydrogen (secondary N) is 3. The first-order valence-corrected chi connectivity index (χ1v) is 8.68. The third-order valence-electron chi connectivity index (χ3n) is 4.20. The van der Waals surface area contributed by atoms with E-state index in [1.165, 1.54) is 30.1 Å². The van der Waals surface area contributed by atoms with Gasteiger partial charge in [0.15, 0.2) is 0 Å². The summed E-state index contributed by atoms with van der Waals surface area (Å²) in [5.74, 6) is -0.908. The molecule has 0 bridgehead atoms. The van der Waals surface area contributed by atoms with Gasteiger partial charge in [-0.1, -0.05) is 12.1 Å². The van der Waals surface area contributed by atoms with E-state index in [1.54, 1.807) is 38.4 Å². The third kappa shape index (κ3) is 4.86. The Hall–Kier alpha value is -3.94. The molecule has 0 aliphatic rings. The summed E-state index contributed by atoms with van der Waals surface area (Å²) in [6, 6.07) is 10.8. The van der Waals surface area contributed by atoms with Crippen molar-refractivity contribution >= 4 is 28.9 Å². The highest BCUT2D eigenvalue weighted by Gasteiger charge is 2.14. The monoisotopic (exact) mass is 393 g/mol. The van der Waals surface area contributed by atoms with Crippen LogP contribution in [0.4, 0.5) is 5.69 Å². The van der Waals surface area contributed by atoms with E-state index in [0.717, 1.165) is 6.08 Å². The van der Waals surface area contributed by atoms with Crippen molar-refractivity contribution in [2.24, 2.45) is 0 Å². The van der Waals surface area contributed by atoms with Crippen LogP contribution in [0.25, 0.3) is 0 Å². The Morgan fingerprint density at radius 1 is 1.03 bits per heavy atom. The van der Waals surface area contributed by atoms with Crippen LogP contribution >= 0.6 is 0 Å². The quantitative estimate of drug-likeness (QED) is 0.291. The van der Waals surface area contributed by atoms with Crippen molar-refractivity contribution in [2.75, 3.05) is 26.9 Å². The zero-order chi connectivity index (χ0) is 21.7. The first-order chi connectivity index (χ1) is 13.6. The van der Waals surface area contributed by atoms with Crippen molar-refractivity contribution in [1.29, 1.82) is 10.8 Å². The minimum absolute atomic E-state index is 0.0309. The standard InChI is InChI=1S/C21H23N5O3/c1-25-20(28)14-8-9-15(17(23)10-14)19(24)18(27)11-16(22)12-4-6-13(7-5-12)21(29)26(2)3/h4-11,22,24,27H,23H2,1-3H3,(H,25,28)/b18-11-,22-16?,24-19?. The maximum atomic E-state index is 11.9. The summed E-state index contributed by atoms with van der Waals surface area (Å²) in [5, 5.41) is 29.0. The summed E-state index contributed by atoms with van der Waals surface area (Å²) in [6.45, 7) is 0. The van der Waals surface area contributed by atoms with Crippen LogP contribution in [0.15, 0.2) is 54.3 Å². The number of hydrogen-bond acceptors (Lipinski definition) is 6. The number of aliphatic hydroxyl groups excluding tert-OH is 1. The van der Waals surface area contributed by atoms with Gasteiger partial charge >= 0.3 is 0 Å². The van der Waals surface area contributed by atoms with Crippen molar-refractivity contribution < 1.29 is 14.7 Å². The topological polar surface area (TPSA) is 143 Å². The molecule has 150 valence electrons. The molecule has 0 saturated carbocycles. The van der Waals surface area contributed by atoms with E-state index < -0.39 is 5.76 Å². The number of aliphatic hydroxyl groups is 1. The maximum absolute atomic E-state index is 11.9. The number of allylic oxidation sites excluding steroid dienone is 2. The molecule has 0 fully saturated rings. The molecule has 0 heterocycles. The molecular weight excluding hydrogens is 370 g/mol. The Bertz CT molecular complexity index is 1010. The van der Waals surface area contributed by atoms with Crippen LogP contribution in [0.2, 0.25) is 0 Å². The molecule has 2 rings (SSSR count). The maximum Gasteiger partial charge on any atom is 0.253 e. The van der Waals surface area contributed by atoms with Crippen molar-refractivity contribution in [3.8, 4) is 0 Å². The van der Waals surface area contributed by atoms with Gasteiger partial charge in [0, 0.05) is 49.6 Å². The number of carbonyl (C=O) groups excluding carboxylic acids is 2. The van der Waals surface area contributed by atoms with Gasteiger partial charge in [-0.25, -0.2) is 0 Å². The zero-order valence-electron chi connectivity index (χ0n) is 16.4. The highest BCUT2D eigenvalue weighted by atomic mass is 16.3. The first-order valence-electron chi connectivity index (χ1n) is 8.68. The largest absolute Gasteiger partial charge is 0.506 e. The highest BCUT2D eigenvalue weighted by molar-refractivity contribution is 6.17. The van der Waals surface area contributed by atoms with E-state index in [0.29, 0.717) is 16.7 Å². The third-order valence-corrected chi connectivity index (χ3v) is 4.20. The molecule has 0 aliphatic carbocycles. The first kappa shape index (κ1) is 21.4. The molecule has 8 heteroatoms. The fourth-order valence-corrected chi connectivity index (χ4v) is 2.56. The Labute approximate surface area is 168 Å². The average molecular weight is 393 g/mol. The highest BCUT2D eigenvalue weighted by Crippen LogP contribution is 2.18. The van der Waals surface area contributed by atoms with Gasteiger partial charge in [-0.15, -0.1) is 0 Å². The van der Waals surface area contributed by atoms with E-state index in [9.17, 15) is 14.7 Å². The van der Waals surface area contributed by atoms with E-state index in [1.807, 2.05) is 0 Å². The fraction of sp³-hybridized carbons (Fsp3) is 0.143. The van der Waals surface area contributed by atoms with Crippen LogP contribution in [-0.2, 0) is 0 Å². The lowest BCUT2D eigenvalue weighted by atomic mass is 10.0. The van der Waals surface area contributed by atoms with E-state index >= 15 is 0 Å². The van der Waals surface area contributed by atoms with E-state index in [-0.39, 0.29) is 34.5 Å². The number of rotatable bonds is 6. The van der Waals surface area contributed by atoms with Crippen LogP contribution in [0.5, 0.6) is 0 Å². The molecule has 2 aromatic carbocycles. The Morgan fingerprint density at radius 3 is 2.10 bits per heavy atom. The molecule has 8 nitrogen and oxygen atoms in total. The second kappa shape index (κ2) is 8.83. The van der Waals surface area contributed by atoms with E-state index in [2.05, 4.69) is 5.32 Å². The molecule has 0 aromatic heterocycles. The summed E-state index contributed by atoms with van der Waals surface area (Å²) in [5.41, 5.74) is 7.31. The molecule has 0 radical (unpaired) electrons. The summed E-state index contributed by atoms with van der Waals surface area (Å²) in [4.78, 5) is 25.0. The predicted molar refractivity (Wildman–Crippen MR) is 113 cm³/mol. The van der Waals surface area contributed by atoms with Crippen molar-refractivity contribution in [3.63, 3.8) is 0 Å². The molecule has 0 spiro atoms. The van der Waals surface area contributed by atoms with Gasteiger partial charge in [0.25, 0.3) is 11.8 Å². The molecule has 2 amide bonds. The molecule has 29 heavy (non-hydrogen) atoms. The van der Waals surface area contributed by atoms with Crippen LogP contribution in [-0.4, -0.2) is 54.4 Å². The Kier molecular flexibility index (Phi) is 6.51. The number of amides is 2. The van der Waals surface area contributed by atoms with Gasteiger partial charge in [0.2, 0.25) is 0 Å². The zero-order valence-corrected chi connectivity index (χ0v) is 16.4. The van der Waals surface area contributed by atoms with Crippen molar-refractivity contribution in [3.05, 3.63) is 76.6 Å². The Balaban J connectivity index is 2.22. The summed E-state index contributed by atoms with van der Waals surface area (Å²) >= 11 is 0. The SMILES string of the molecule is CNC(=O)c1ccc(C(=N)/C(O)=C/C(=N)c2ccc(C(=O)N(C)C)cc2)c(N)c1. The fourth-order valence-electron chi connectivity index (χ4n) is 2.56.